The Bertz CT molecular complexity index is 908. The number of hydrogen-bond acceptors (Lipinski definition) is 3. The van der Waals surface area contributed by atoms with Crippen molar-refractivity contribution < 1.29 is 4.79 Å². The van der Waals surface area contributed by atoms with E-state index >= 15 is 0 Å². The molecule has 0 unspecified atom stereocenters. The molecule has 1 amide bonds. The SMILES string of the molecule is CN(C)CCNC(=O)c1cc(-c2ccccc2Cl)nc2ccccc12. The van der Waals surface area contributed by atoms with Crippen molar-refractivity contribution in [2.45, 2.75) is 0 Å². The number of pyridine rings is 1. The normalized spacial score (nSPS) is 11.0. The lowest BCUT2D eigenvalue weighted by molar-refractivity contribution is 0.0952. The summed E-state index contributed by atoms with van der Waals surface area (Å²) in [5, 5.41) is 4.42. The van der Waals surface area contributed by atoms with Crippen LogP contribution in [0.2, 0.25) is 5.02 Å². The van der Waals surface area contributed by atoms with Gasteiger partial charge in [0.1, 0.15) is 0 Å². The number of carbonyl (C=O) groups excluding carboxylic acids is 1. The number of rotatable bonds is 5. The second-order valence-electron chi connectivity index (χ2n) is 6.11. The number of likely N-dealkylation sites (N-methyl/N-ethyl adjacent to an activating group) is 1. The molecule has 0 radical (unpaired) electrons. The summed E-state index contributed by atoms with van der Waals surface area (Å²) in [7, 11) is 3.95. The minimum absolute atomic E-state index is 0.103. The van der Waals surface area contributed by atoms with Crippen molar-refractivity contribution in [2.75, 3.05) is 27.2 Å². The smallest absolute Gasteiger partial charge is 0.252 e. The first-order valence-corrected chi connectivity index (χ1v) is 8.51. The molecule has 1 N–H and O–H groups in total. The molecule has 5 heteroatoms. The summed E-state index contributed by atoms with van der Waals surface area (Å²) >= 11 is 6.31. The van der Waals surface area contributed by atoms with Crippen molar-refractivity contribution in [1.82, 2.24) is 15.2 Å². The second-order valence-corrected chi connectivity index (χ2v) is 6.52. The van der Waals surface area contributed by atoms with E-state index in [-0.39, 0.29) is 5.91 Å². The number of para-hydroxylation sites is 1. The molecule has 25 heavy (non-hydrogen) atoms. The molecule has 3 rings (SSSR count). The van der Waals surface area contributed by atoms with E-state index in [1.54, 1.807) is 0 Å². The molecule has 4 nitrogen and oxygen atoms in total. The third-order valence-electron chi connectivity index (χ3n) is 3.96. The Kier molecular flexibility index (Phi) is 5.31. The molecule has 2 aromatic carbocycles. The highest BCUT2D eigenvalue weighted by molar-refractivity contribution is 6.33. The summed E-state index contributed by atoms with van der Waals surface area (Å²) in [5.41, 5.74) is 2.90. The zero-order chi connectivity index (χ0) is 17.8. The second kappa shape index (κ2) is 7.64. The first kappa shape index (κ1) is 17.4. The number of fused-ring (bicyclic) bond motifs is 1. The lowest BCUT2D eigenvalue weighted by Gasteiger charge is -2.13. The van der Waals surface area contributed by atoms with Crippen LogP contribution in [0.3, 0.4) is 0 Å². The summed E-state index contributed by atoms with van der Waals surface area (Å²) in [6, 6.07) is 17.0. The Morgan fingerprint density at radius 1 is 1.12 bits per heavy atom. The zero-order valence-corrected chi connectivity index (χ0v) is 15.0. The first-order valence-electron chi connectivity index (χ1n) is 8.14. The van der Waals surface area contributed by atoms with Gasteiger partial charge in [0.15, 0.2) is 0 Å². The fourth-order valence-electron chi connectivity index (χ4n) is 2.66. The Morgan fingerprint density at radius 3 is 2.60 bits per heavy atom. The molecule has 0 aliphatic carbocycles. The van der Waals surface area contributed by atoms with Crippen molar-refractivity contribution in [3.05, 3.63) is 65.2 Å². The number of hydrogen-bond donors (Lipinski definition) is 1. The van der Waals surface area contributed by atoms with Gasteiger partial charge in [-0.3, -0.25) is 4.79 Å². The van der Waals surface area contributed by atoms with Crippen LogP contribution in [0.4, 0.5) is 0 Å². The molecule has 1 aromatic heterocycles. The Balaban J connectivity index is 2.04. The molecule has 0 saturated heterocycles. The van der Waals surface area contributed by atoms with E-state index < -0.39 is 0 Å². The van der Waals surface area contributed by atoms with Gasteiger partial charge in [-0.25, -0.2) is 4.98 Å². The Labute approximate surface area is 152 Å². The molecular weight excluding hydrogens is 334 g/mol. The molecule has 3 aromatic rings. The van der Waals surface area contributed by atoms with Crippen molar-refractivity contribution >= 4 is 28.4 Å². The first-order chi connectivity index (χ1) is 12.1. The predicted octanol–water partition coefficient (Wildman–Crippen LogP) is 3.85. The third kappa shape index (κ3) is 3.98. The molecule has 0 atom stereocenters. The number of amides is 1. The van der Waals surface area contributed by atoms with Crippen molar-refractivity contribution in [2.24, 2.45) is 0 Å². The van der Waals surface area contributed by atoms with E-state index in [1.165, 1.54) is 0 Å². The number of nitrogens with one attached hydrogen (secondary N) is 1. The van der Waals surface area contributed by atoms with Crippen LogP contribution in [0.15, 0.2) is 54.6 Å². The quantitative estimate of drug-likeness (QED) is 0.757. The summed E-state index contributed by atoms with van der Waals surface area (Å²) in [4.78, 5) is 19.4. The van der Waals surface area contributed by atoms with Crippen LogP contribution in [0.1, 0.15) is 10.4 Å². The average molecular weight is 354 g/mol. The minimum Gasteiger partial charge on any atom is -0.351 e. The molecule has 0 spiro atoms. The van der Waals surface area contributed by atoms with Crippen molar-refractivity contribution in [1.29, 1.82) is 0 Å². The Hall–Kier alpha value is -2.43. The van der Waals surface area contributed by atoms with Gasteiger partial charge in [0, 0.05) is 29.1 Å². The molecule has 1 heterocycles. The van der Waals surface area contributed by atoms with E-state index in [0.717, 1.165) is 23.0 Å². The van der Waals surface area contributed by atoms with E-state index in [2.05, 4.69) is 10.3 Å². The van der Waals surface area contributed by atoms with Gasteiger partial charge in [-0.05, 0) is 32.3 Å². The fraction of sp³-hybridized carbons (Fsp3) is 0.200. The number of nitrogens with zero attached hydrogens (tertiary/aromatic N) is 2. The summed E-state index contributed by atoms with van der Waals surface area (Å²) < 4.78 is 0. The van der Waals surface area contributed by atoms with Gasteiger partial charge in [-0.2, -0.15) is 0 Å². The third-order valence-corrected chi connectivity index (χ3v) is 4.28. The molecule has 0 bridgehead atoms. The monoisotopic (exact) mass is 353 g/mol. The highest BCUT2D eigenvalue weighted by Crippen LogP contribution is 2.29. The van der Waals surface area contributed by atoms with Crippen LogP contribution in [0.5, 0.6) is 0 Å². The van der Waals surface area contributed by atoms with Gasteiger partial charge in [0.2, 0.25) is 0 Å². The number of carbonyl (C=O) groups is 1. The van der Waals surface area contributed by atoms with Crippen molar-refractivity contribution in [3.63, 3.8) is 0 Å². The maximum absolute atomic E-state index is 12.7. The lowest BCUT2D eigenvalue weighted by atomic mass is 10.0. The molecule has 0 saturated carbocycles. The largest absolute Gasteiger partial charge is 0.351 e. The minimum atomic E-state index is -0.103. The highest BCUT2D eigenvalue weighted by atomic mass is 35.5. The lowest BCUT2D eigenvalue weighted by Crippen LogP contribution is -2.31. The number of benzene rings is 2. The maximum atomic E-state index is 12.7. The van der Waals surface area contributed by atoms with Gasteiger partial charge in [0.25, 0.3) is 5.91 Å². The van der Waals surface area contributed by atoms with Crippen LogP contribution >= 0.6 is 11.6 Å². The average Bonchev–Trinajstić information content (AvgIpc) is 2.60. The van der Waals surface area contributed by atoms with Crippen LogP contribution < -0.4 is 5.32 Å². The molecular formula is C20H20ClN3O. The molecule has 0 aliphatic rings. The molecule has 0 fully saturated rings. The molecule has 0 aliphatic heterocycles. The summed E-state index contributed by atoms with van der Waals surface area (Å²) in [6.07, 6.45) is 0. The van der Waals surface area contributed by atoms with Crippen LogP contribution in [-0.2, 0) is 0 Å². The van der Waals surface area contributed by atoms with Crippen molar-refractivity contribution in [3.8, 4) is 11.3 Å². The standard InChI is InChI=1S/C20H20ClN3O/c1-24(2)12-11-22-20(25)16-13-19(15-8-3-5-9-17(15)21)23-18-10-6-4-7-14(16)18/h3-10,13H,11-12H2,1-2H3,(H,22,25). The van der Waals surface area contributed by atoms with Gasteiger partial charge in [-0.1, -0.05) is 48.0 Å². The van der Waals surface area contributed by atoms with E-state index in [9.17, 15) is 4.79 Å². The van der Waals surface area contributed by atoms with Gasteiger partial charge in [-0.15, -0.1) is 0 Å². The zero-order valence-electron chi connectivity index (χ0n) is 14.3. The number of halogens is 1. The van der Waals surface area contributed by atoms with Crippen LogP contribution in [-0.4, -0.2) is 43.0 Å². The summed E-state index contributed by atoms with van der Waals surface area (Å²) in [5.74, 6) is -0.103. The highest BCUT2D eigenvalue weighted by Gasteiger charge is 2.14. The Morgan fingerprint density at radius 2 is 1.84 bits per heavy atom. The maximum Gasteiger partial charge on any atom is 0.252 e. The predicted molar refractivity (Wildman–Crippen MR) is 103 cm³/mol. The van der Waals surface area contributed by atoms with Crippen LogP contribution in [0, 0.1) is 0 Å². The van der Waals surface area contributed by atoms with E-state index in [1.807, 2.05) is 73.6 Å². The van der Waals surface area contributed by atoms with E-state index in [4.69, 9.17) is 11.6 Å². The van der Waals surface area contributed by atoms with Gasteiger partial charge >= 0.3 is 0 Å². The summed E-state index contributed by atoms with van der Waals surface area (Å²) in [6.45, 7) is 1.37. The van der Waals surface area contributed by atoms with Gasteiger partial charge in [0.05, 0.1) is 16.8 Å². The van der Waals surface area contributed by atoms with E-state index in [0.29, 0.717) is 22.8 Å². The molecule has 128 valence electrons. The van der Waals surface area contributed by atoms with Gasteiger partial charge < -0.3 is 10.2 Å². The number of aromatic nitrogens is 1. The van der Waals surface area contributed by atoms with Crippen LogP contribution in [0.25, 0.3) is 22.2 Å². The fourth-order valence-corrected chi connectivity index (χ4v) is 2.89. The topological polar surface area (TPSA) is 45.2 Å².